The molecule has 0 saturated carbocycles. The van der Waals surface area contributed by atoms with E-state index in [-0.39, 0.29) is 18.4 Å². The number of nitrogens with one attached hydrogen (secondary N) is 1. The number of rotatable bonds is 4. The van der Waals surface area contributed by atoms with Crippen LogP contribution in [0, 0.1) is 0 Å². The molecule has 0 spiro atoms. The lowest BCUT2D eigenvalue weighted by Gasteiger charge is -2.15. The van der Waals surface area contributed by atoms with Crippen LogP contribution in [-0.2, 0) is 11.2 Å². The number of carbonyl (C=O) groups is 1. The smallest absolute Gasteiger partial charge is 0.224 e. The van der Waals surface area contributed by atoms with Crippen molar-refractivity contribution >= 4 is 45.0 Å². The average Bonchev–Trinajstić information content (AvgIpc) is 2.43. The fourth-order valence-electron chi connectivity index (χ4n) is 1.99. The summed E-state index contributed by atoms with van der Waals surface area (Å²) < 4.78 is 0.991. The van der Waals surface area contributed by atoms with Gasteiger partial charge in [-0.05, 0) is 42.3 Å². The van der Waals surface area contributed by atoms with Crippen molar-refractivity contribution < 1.29 is 4.79 Å². The van der Waals surface area contributed by atoms with E-state index in [4.69, 9.17) is 23.2 Å². The molecule has 0 bridgehead atoms. The van der Waals surface area contributed by atoms with Crippen LogP contribution >= 0.6 is 39.1 Å². The highest BCUT2D eigenvalue weighted by Crippen LogP contribution is 2.23. The monoisotopic (exact) mass is 385 g/mol. The topological polar surface area (TPSA) is 29.1 Å². The lowest BCUT2D eigenvalue weighted by molar-refractivity contribution is -0.121. The molecule has 0 fully saturated rings. The predicted octanol–water partition coefficient (Wildman–Crippen LogP) is 5.18. The van der Waals surface area contributed by atoms with Gasteiger partial charge in [0, 0.05) is 4.47 Å². The van der Waals surface area contributed by atoms with E-state index in [1.54, 1.807) is 18.2 Å². The minimum Gasteiger partial charge on any atom is -0.349 e. The highest BCUT2D eigenvalue weighted by molar-refractivity contribution is 9.10. The quantitative estimate of drug-likeness (QED) is 0.770. The summed E-state index contributed by atoms with van der Waals surface area (Å²) in [7, 11) is 0. The Kier molecular flexibility index (Phi) is 5.68. The standard InChI is InChI=1S/C16H14BrCl2NO/c1-10(12-3-2-4-13(17)9-12)20-16(21)8-11-5-6-14(18)15(19)7-11/h2-7,9-10H,8H2,1H3,(H,20,21). The van der Waals surface area contributed by atoms with Crippen LogP contribution < -0.4 is 5.32 Å². The fourth-order valence-corrected chi connectivity index (χ4v) is 2.72. The van der Waals surface area contributed by atoms with Crippen LogP contribution in [0.2, 0.25) is 10.0 Å². The van der Waals surface area contributed by atoms with Crippen molar-refractivity contribution in [1.29, 1.82) is 0 Å². The third kappa shape index (κ3) is 4.73. The van der Waals surface area contributed by atoms with Crippen molar-refractivity contribution in [2.24, 2.45) is 0 Å². The first kappa shape index (κ1) is 16.3. The molecule has 2 nitrogen and oxygen atoms in total. The van der Waals surface area contributed by atoms with Crippen LogP contribution in [0.4, 0.5) is 0 Å². The molecule has 2 aromatic carbocycles. The molecule has 0 aliphatic heterocycles. The van der Waals surface area contributed by atoms with Gasteiger partial charge in [0.2, 0.25) is 5.91 Å². The summed E-state index contributed by atoms with van der Waals surface area (Å²) >= 11 is 15.2. The Morgan fingerprint density at radius 1 is 1.19 bits per heavy atom. The van der Waals surface area contributed by atoms with Gasteiger partial charge in [-0.2, -0.15) is 0 Å². The summed E-state index contributed by atoms with van der Waals surface area (Å²) in [5.74, 6) is -0.0548. The van der Waals surface area contributed by atoms with Crippen molar-refractivity contribution in [3.63, 3.8) is 0 Å². The molecule has 0 aromatic heterocycles. The Labute approximate surface area is 142 Å². The van der Waals surface area contributed by atoms with Crippen LogP contribution in [0.3, 0.4) is 0 Å². The third-order valence-corrected chi connectivity index (χ3v) is 4.31. The van der Waals surface area contributed by atoms with E-state index in [9.17, 15) is 4.79 Å². The summed E-state index contributed by atoms with van der Waals surface area (Å²) in [6, 6.07) is 13.0. The Bertz CT molecular complexity index is 660. The Balaban J connectivity index is 1.99. The van der Waals surface area contributed by atoms with Crippen LogP contribution in [0.5, 0.6) is 0 Å². The maximum Gasteiger partial charge on any atom is 0.224 e. The first-order valence-electron chi connectivity index (χ1n) is 6.44. The first-order valence-corrected chi connectivity index (χ1v) is 7.99. The zero-order valence-corrected chi connectivity index (χ0v) is 14.5. The van der Waals surface area contributed by atoms with Gasteiger partial charge in [-0.1, -0.05) is 57.3 Å². The fraction of sp³-hybridized carbons (Fsp3) is 0.188. The van der Waals surface area contributed by atoms with Gasteiger partial charge in [-0.15, -0.1) is 0 Å². The van der Waals surface area contributed by atoms with Gasteiger partial charge in [0.15, 0.2) is 0 Å². The van der Waals surface area contributed by atoms with Gasteiger partial charge in [0.25, 0.3) is 0 Å². The molecule has 0 saturated heterocycles. The van der Waals surface area contributed by atoms with Crippen molar-refractivity contribution in [1.82, 2.24) is 5.32 Å². The van der Waals surface area contributed by atoms with E-state index in [1.165, 1.54) is 0 Å². The zero-order chi connectivity index (χ0) is 15.4. The summed E-state index contributed by atoms with van der Waals surface area (Å²) in [5, 5.41) is 3.92. The van der Waals surface area contributed by atoms with E-state index >= 15 is 0 Å². The number of halogens is 3. The molecule has 0 heterocycles. The van der Waals surface area contributed by atoms with Gasteiger partial charge >= 0.3 is 0 Å². The lowest BCUT2D eigenvalue weighted by atomic mass is 10.1. The van der Waals surface area contributed by atoms with Gasteiger partial charge < -0.3 is 5.32 Å². The number of hydrogen-bond donors (Lipinski definition) is 1. The van der Waals surface area contributed by atoms with E-state index in [0.29, 0.717) is 10.0 Å². The molecule has 0 aliphatic carbocycles. The molecular weight excluding hydrogens is 373 g/mol. The van der Waals surface area contributed by atoms with Crippen molar-refractivity contribution in [2.45, 2.75) is 19.4 Å². The van der Waals surface area contributed by atoms with E-state index in [2.05, 4.69) is 21.2 Å². The SMILES string of the molecule is CC(NC(=O)Cc1ccc(Cl)c(Cl)c1)c1cccc(Br)c1. The summed E-state index contributed by atoms with van der Waals surface area (Å²) in [5.41, 5.74) is 1.88. The highest BCUT2D eigenvalue weighted by atomic mass is 79.9. The van der Waals surface area contributed by atoms with Crippen molar-refractivity contribution in [3.05, 3.63) is 68.1 Å². The number of amides is 1. The Hall–Kier alpha value is -1.03. The van der Waals surface area contributed by atoms with Gasteiger partial charge in [-0.3, -0.25) is 4.79 Å². The largest absolute Gasteiger partial charge is 0.349 e. The summed E-state index contributed by atoms with van der Waals surface area (Å²) in [6.45, 7) is 1.95. The second-order valence-corrected chi connectivity index (χ2v) is 6.50. The van der Waals surface area contributed by atoms with Gasteiger partial charge in [0.05, 0.1) is 22.5 Å². The van der Waals surface area contributed by atoms with Gasteiger partial charge in [0.1, 0.15) is 0 Å². The maximum absolute atomic E-state index is 12.1. The first-order chi connectivity index (χ1) is 9.95. The molecule has 110 valence electrons. The number of benzene rings is 2. The van der Waals surface area contributed by atoms with Crippen LogP contribution in [-0.4, -0.2) is 5.91 Å². The van der Waals surface area contributed by atoms with Gasteiger partial charge in [-0.25, -0.2) is 0 Å². The molecule has 1 unspecified atom stereocenters. The number of carbonyl (C=O) groups excluding carboxylic acids is 1. The maximum atomic E-state index is 12.1. The minimum atomic E-state index is -0.0576. The Morgan fingerprint density at radius 2 is 1.95 bits per heavy atom. The molecule has 0 radical (unpaired) electrons. The van der Waals surface area contributed by atoms with Crippen LogP contribution in [0.25, 0.3) is 0 Å². The van der Waals surface area contributed by atoms with E-state index < -0.39 is 0 Å². The van der Waals surface area contributed by atoms with E-state index in [1.807, 2.05) is 31.2 Å². The summed E-state index contributed by atoms with van der Waals surface area (Å²) in [6.07, 6.45) is 0.273. The predicted molar refractivity (Wildman–Crippen MR) is 90.9 cm³/mol. The molecule has 1 N–H and O–H groups in total. The Morgan fingerprint density at radius 3 is 2.62 bits per heavy atom. The zero-order valence-electron chi connectivity index (χ0n) is 11.4. The molecule has 1 atom stereocenters. The van der Waals surface area contributed by atoms with Crippen LogP contribution in [0.1, 0.15) is 24.1 Å². The lowest BCUT2D eigenvalue weighted by Crippen LogP contribution is -2.28. The minimum absolute atomic E-state index is 0.0548. The second kappa shape index (κ2) is 7.30. The molecule has 5 heteroatoms. The average molecular weight is 387 g/mol. The number of hydrogen-bond acceptors (Lipinski definition) is 1. The molecule has 2 aromatic rings. The molecule has 2 rings (SSSR count). The molecule has 1 amide bonds. The third-order valence-electron chi connectivity index (χ3n) is 3.07. The normalized spacial score (nSPS) is 12.0. The second-order valence-electron chi connectivity index (χ2n) is 4.77. The highest BCUT2D eigenvalue weighted by Gasteiger charge is 2.11. The van der Waals surface area contributed by atoms with Crippen LogP contribution in [0.15, 0.2) is 46.9 Å². The molecular formula is C16H14BrCl2NO. The van der Waals surface area contributed by atoms with Crippen molar-refractivity contribution in [2.75, 3.05) is 0 Å². The molecule has 0 aliphatic rings. The molecule has 21 heavy (non-hydrogen) atoms. The van der Waals surface area contributed by atoms with E-state index in [0.717, 1.165) is 15.6 Å². The summed E-state index contributed by atoms with van der Waals surface area (Å²) in [4.78, 5) is 12.1. The van der Waals surface area contributed by atoms with Crippen molar-refractivity contribution in [3.8, 4) is 0 Å².